The lowest BCUT2D eigenvalue weighted by Gasteiger charge is -2.06. The van der Waals surface area contributed by atoms with E-state index in [4.69, 9.17) is 10.0 Å². The van der Waals surface area contributed by atoms with Crippen molar-refractivity contribution >= 4 is 24.3 Å². The number of pyridine rings is 1. The number of hydrogen-bond acceptors (Lipinski definition) is 4. The fraction of sp³-hybridized carbons (Fsp3) is 0.286. The standard InChI is InChI=1S/C14H19BN2O3/c1-3-5-11(6-4-2)9-14(18)17-13-8-7-12(10-16-13)15(19)20/h3,5-8,10,19-20H,4,9H2,1-2H3,(H,16,17,18)/b5-3-,11-6+. The summed E-state index contributed by atoms with van der Waals surface area (Å²) in [4.78, 5) is 15.8. The summed E-state index contributed by atoms with van der Waals surface area (Å²) in [7, 11) is -1.55. The van der Waals surface area contributed by atoms with E-state index in [2.05, 4.69) is 10.3 Å². The van der Waals surface area contributed by atoms with E-state index in [1.54, 1.807) is 0 Å². The molecule has 1 heterocycles. The predicted octanol–water partition coefficient (Wildman–Crippen LogP) is 1.00. The van der Waals surface area contributed by atoms with Crippen molar-refractivity contribution in [3.8, 4) is 0 Å². The molecule has 0 saturated carbocycles. The van der Waals surface area contributed by atoms with Gasteiger partial charge in [-0.25, -0.2) is 4.98 Å². The van der Waals surface area contributed by atoms with Gasteiger partial charge in [-0.05, 0) is 25.0 Å². The van der Waals surface area contributed by atoms with Crippen LogP contribution in [0.15, 0.2) is 42.1 Å². The molecule has 0 bridgehead atoms. The maximum atomic E-state index is 11.9. The third-order valence-electron chi connectivity index (χ3n) is 2.56. The highest BCUT2D eigenvalue weighted by molar-refractivity contribution is 6.58. The third-order valence-corrected chi connectivity index (χ3v) is 2.56. The molecule has 1 amide bonds. The van der Waals surface area contributed by atoms with Crippen LogP contribution in [0.3, 0.4) is 0 Å². The molecule has 0 saturated heterocycles. The molecule has 0 unspecified atom stereocenters. The lowest BCUT2D eigenvalue weighted by atomic mass is 9.82. The number of carbonyl (C=O) groups is 1. The first-order chi connectivity index (χ1) is 9.56. The molecule has 1 aromatic heterocycles. The number of anilines is 1. The minimum absolute atomic E-state index is 0.160. The lowest BCUT2D eigenvalue weighted by molar-refractivity contribution is -0.115. The van der Waals surface area contributed by atoms with Crippen LogP contribution in [0.2, 0.25) is 0 Å². The Morgan fingerprint density at radius 2 is 2.20 bits per heavy atom. The smallest absolute Gasteiger partial charge is 0.423 e. The number of carbonyl (C=O) groups excluding carboxylic acids is 1. The molecule has 0 fully saturated rings. The minimum Gasteiger partial charge on any atom is -0.423 e. The molecule has 5 nitrogen and oxygen atoms in total. The molecule has 3 N–H and O–H groups in total. The van der Waals surface area contributed by atoms with E-state index in [1.165, 1.54) is 18.3 Å². The van der Waals surface area contributed by atoms with Crippen molar-refractivity contribution in [3.05, 3.63) is 42.1 Å². The zero-order chi connectivity index (χ0) is 15.0. The normalized spacial score (nSPS) is 11.7. The number of hydrogen-bond donors (Lipinski definition) is 3. The van der Waals surface area contributed by atoms with Gasteiger partial charge in [0.15, 0.2) is 0 Å². The van der Waals surface area contributed by atoms with Crippen molar-refractivity contribution in [1.82, 2.24) is 4.98 Å². The molecule has 1 rings (SSSR count). The third kappa shape index (κ3) is 5.38. The molecule has 0 aromatic carbocycles. The summed E-state index contributed by atoms with van der Waals surface area (Å²) >= 11 is 0. The highest BCUT2D eigenvalue weighted by Crippen LogP contribution is 2.08. The van der Waals surface area contributed by atoms with Gasteiger partial charge in [-0.3, -0.25) is 4.79 Å². The van der Waals surface area contributed by atoms with E-state index < -0.39 is 7.12 Å². The molecule has 6 heteroatoms. The Bertz CT molecular complexity index is 496. The molecule has 106 valence electrons. The van der Waals surface area contributed by atoms with Crippen molar-refractivity contribution in [2.75, 3.05) is 5.32 Å². The van der Waals surface area contributed by atoms with Gasteiger partial charge in [0, 0.05) is 11.7 Å². The van der Waals surface area contributed by atoms with E-state index in [0.717, 1.165) is 12.0 Å². The van der Waals surface area contributed by atoms with Crippen LogP contribution in [0, 0.1) is 0 Å². The molecule has 0 radical (unpaired) electrons. The number of rotatable bonds is 6. The molecule has 0 aliphatic rings. The van der Waals surface area contributed by atoms with Gasteiger partial charge < -0.3 is 15.4 Å². The molecule has 0 spiro atoms. The molecule has 20 heavy (non-hydrogen) atoms. The largest absolute Gasteiger partial charge is 0.490 e. The monoisotopic (exact) mass is 274 g/mol. The topological polar surface area (TPSA) is 82.5 Å². The molecule has 0 atom stereocenters. The fourth-order valence-corrected chi connectivity index (χ4v) is 1.68. The van der Waals surface area contributed by atoms with Crippen molar-refractivity contribution in [2.24, 2.45) is 0 Å². The van der Waals surface area contributed by atoms with Crippen LogP contribution >= 0.6 is 0 Å². The van der Waals surface area contributed by atoms with E-state index in [0.29, 0.717) is 5.82 Å². The SMILES string of the molecule is C/C=C\C(=C/CC)CC(=O)Nc1ccc(B(O)O)cn1. The van der Waals surface area contributed by atoms with Crippen molar-refractivity contribution in [3.63, 3.8) is 0 Å². The fourth-order valence-electron chi connectivity index (χ4n) is 1.68. The summed E-state index contributed by atoms with van der Waals surface area (Å²) in [6, 6.07) is 3.04. The molecule has 0 aliphatic heterocycles. The first kappa shape index (κ1) is 16.1. The van der Waals surface area contributed by atoms with E-state index >= 15 is 0 Å². The highest BCUT2D eigenvalue weighted by atomic mass is 16.4. The van der Waals surface area contributed by atoms with Crippen molar-refractivity contribution in [1.29, 1.82) is 0 Å². The Labute approximate surface area is 119 Å². The molecular formula is C14H19BN2O3. The number of nitrogens with zero attached hydrogens (tertiary/aromatic N) is 1. The van der Waals surface area contributed by atoms with Crippen molar-refractivity contribution in [2.45, 2.75) is 26.7 Å². The molecule has 1 aromatic rings. The lowest BCUT2D eigenvalue weighted by Crippen LogP contribution is -2.30. The first-order valence-electron chi connectivity index (χ1n) is 6.50. The molecule has 0 aliphatic carbocycles. The highest BCUT2D eigenvalue weighted by Gasteiger charge is 2.11. The van der Waals surface area contributed by atoms with Crippen LogP contribution in [0.25, 0.3) is 0 Å². The van der Waals surface area contributed by atoms with Crippen LogP contribution in [0.1, 0.15) is 26.7 Å². The number of amides is 1. The summed E-state index contributed by atoms with van der Waals surface area (Å²) in [6.45, 7) is 3.92. The first-order valence-corrected chi connectivity index (χ1v) is 6.50. The average molecular weight is 274 g/mol. The van der Waals surface area contributed by atoms with Gasteiger partial charge in [0.05, 0.1) is 6.42 Å². The second-order valence-corrected chi connectivity index (χ2v) is 4.26. The van der Waals surface area contributed by atoms with Crippen LogP contribution in [0.5, 0.6) is 0 Å². The Hall–Kier alpha value is -1.92. The average Bonchev–Trinajstić information content (AvgIpc) is 2.39. The number of allylic oxidation sites excluding steroid dienone is 3. The van der Waals surface area contributed by atoms with E-state index in [-0.39, 0.29) is 17.8 Å². The van der Waals surface area contributed by atoms with E-state index in [9.17, 15) is 4.79 Å². The summed E-state index contributed by atoms with van der Waals surface area (Å²) < 4.78 is 0. The Morgan fingerprint density at radius 1 is 1.45 bits per heavy atom. The quantitative estimate of drug-likeness (QED) is 0.534. The van der Waals surface area contributed by atoms with Crippen LogP contribution in [0.4, 0.5) is 5.82 Å². The number of nitrogens with one attached hydrogen (secondary N) is 1. The van der Waals surface area contributed by atoms with Gasteiger partial charge in [-0.1, -0.05) is 31.2 Å². The zero-order valence-corrected chi connectivity index (χ0v) is 11.7. The van der Waals surface area contributed by atoms with Gasteiger partial charge in [0.1, 0.15) is 5.82 Å². The maximum absolute atomic E-state index is 11.9. The number of aromatic nitrogens is 1. The van der Waals surface area contributed by atoms with Gasteiger partial charge in [0.25, 0.3) is 0 Å². The second kappa shape index (κ2) is 8.29. The van der Waals surface area contributed by atoms with Gasteiger partial charge in [0.2, 0.25) is 5.91 Å². The minimum atomic E-state index is -1.55. The van der Waals surface area contributed by atoms with Crippen LogP contribution < -0.4 is 10.8 Å². The molecular weight excluding hydrogens is 255 g/mol. The van der Waals surface area contributed by atoms with Crippen LogP contribution in [-0.4, -0.2) is 28.1 Å². The summed E-state index contributed by atoms with van der Waals surface area (Å²) in [5.74, 6) is 0.225. The maximum Gasteiger partial charge on any atom is 0.490 e. The Balaban J connectivity index is 2.63. The van der Waals surface area contributed by atoms with Gasteiger partial charge in [-0.15, -0.1) is 0 Å². The zero-order valence-electron chi connectivity index (χ0n) is 11.7. The predicted molar refractivity (Wildman–Crippen MR) is 80.5 cm³/mol. The summed E-state index contributed by atoms with van der Waals surface area (Å²) in [5, 5.41) is 20.6. The van der Waals surface area contributed by atoms with E-state index in [1.807, 2.05) is 32.1 Å². The summed E-state index contributed by atoms with van der Waals surface area (Å²) in [6.07, 6.45) is 8.26. The van der Waals surface area contributed by atoms with Gasteiger partial charge in [-0.2, -0.15) is 0 Å². The van der Waals surface area contributed by atoms with Crippen molar-refractivity contribution < 1.29 is 14.8 Å². The second-order valence-electron chi connectivity index (χ2n) is 4.26. The van der Waals surface area contributed by atoms with Crippen LogP contribution in [-0.2, 0) is 4.79 Å². The Kier molecular flexibility index (Phi) is 6.69. The Morgan fingerprint density at radius 3 is 2.70 bits per heavy atom. The summed E-state index contributed by atoms with van der Waals surface area (Å²) in [5.41, 5.74) is 1.23. The van der Waals surface area contributed by atoms with Gasteiger partial charge >= 0.3 is 7.12 Å².